The number of benzene rings is 3. The molecule has 3 aromatic carbocycles. The van der Waals surface area contributed by atoms with Gasteiger partial charge in [-0.1, -0.05) is 91.7 Å². The van der Waals surface area contributed by atoms with Crippen LogP contribution in [0.5, 0.6) is 5.75 Å². The molecule has 1 aliphatic rings. The Morgan fingerprint density at radius 1 is 0.944 bits per heavy atom. The van der Waals surface area contributed by atoms with Gasteiger partial charge in [-0.25, -0.2) is 4.39 Å². The maximum atomic E-state index is 14.7. The van der Waals surface area contributed by atoms with Gasteiger partial charge in [-0.05, 0) is 91.3 Å². The van der Waals surface area contributed by atoms with E-state index in [0.29, 0.717) is 12.2 Å². The van der Waals surface area contributed by atoms with Gasteiger partial charge in [-0.15, -0.1) is 0 Å². The van der Waals surface area contributed by atoms with E-state index >= 15 is 0 Å². The Balaban J connectivity index is 1.42. The molecule has 3 heteroatoms. The molecule has 0 fully saturated rings. The lowest BCUT2D eigenvalue weighted by Gasteiger charge is -2.22. The molecule has 0 spiro atoms. The Hall–Kier alpha value is -2.84. The largest absolute Gasteiger partial charge is 0.490 e. The van der Waals surface area contributed by atoms with Crippen molar-refractivity contribution in [2.45, 2.75) is 58.8 Å². The average Bonchev–Trinajstić information content (AvgIpc) is 2.92. The highest BCUT2D eigenvalue weighted by Crippen LogP contribution is 2.37. The van der Waals surface area contributed by atoms with Crippen molar-refractivity contribution in [3.63, 3.8) is 0 Å². The van der Waals surface area contributed by atoms with Crippen molar-refractivity contribution in [1.29, 1.82) is 0 Å². The predicted molar refractivity (Wildman–Crippen MR) is 152 cm³/mol. The van der Waals surface area contributed by atoms with Crippen molar-refractivity contribution in [2.75, 3.05) is 6.61 Å². The number of hydrogen-bond donors (Lipinski definition) is 0. The van der Waals surface area contributed by atoms with Crippen molar-refractivity contribution >= 4 is 17.2 Å². The van der Waals surface area contributed by atoms with E-state index in [1.807, 2.05) is 18.2 Å². The number of rotatable bonds is 10. The molecule has 3 aromatic rings. The van der Waals surface area contributed by atoms with E-state index in [4.69, 9.17) is 16.3 Å². The molecule has 36 heavy (non-hydrogen) atoms. The van der Waals surface area contributed by atoms with Gasteiger partial charge in [0, 0.05) is 5.56 Å². The summed E-state index contributed by atoms with van der Waals surface area (Å²) in [4.78, 5) is 0. The molecule has 0 aromatic heterocycles. The van der Waals surface area contributed by atoms with Gasteiger partial charge in [0.05, 0.1) is 11.6 Å². The fourth-order valence-electron chi connectivity index (χ4n) is 4.82. The maximum absolute atomic E-state index is 14.7. The summed E-state index contributed by atoms with van der Waals surface area (Å²) in [6, 6.07) is 20.5. The first-order valence-electron chi connectivity index (χ1n) is 13.2. The minimum atomic E-state index is -0.494. The Morgan fingerprint density at radius 2 is 1.61 bits per heavy atom. The lowest BCUT2D eigenvalue weighted by molar-refractivity contribution is 0.294. The van der Waals surface area contributed by atoms with Crippen LogP contribution in [0.15, 0.2) is 78.9 Å². The lowest BCUT2D eigenvalue weighted by atomic mass is 9.84. The molecule has 1 unspecified atom stereocenters. The van der Waals surface area contributed by atoms with Crippen LogP contribution >= 0.6 is 11.6 Å². The molecular formula is C33H36ClFO. The highest BCUT2D eigenvalue weighted by Gasteiger charge is 2.16. The predicted octanol–water partition coefficient (Wildman–Crippen LogP) is 10.5. The number of allylic oxidation sites excluding steroid dienone is 4. The molecule has 0 N–H and O–H groups in total. The van der Waals surface area contributed by atoms with Gasteiger partial charge < -0.3 is 4.74 Å². The summed E-state index contributed by atoms with van der Waals surface area (Å²) in [5, 5.41) is 0.103. The van der Waals surface area contributed by atoms with Crippen LogP contribution < -0.4 is 4.74 Å². The number of unbranched alkanes of at least 4 members (excludes halogenated alkanes) is 1. The molecule has 0 amide bonds. The Kier molecular flexibility index (Phi) is 9.41. The second-order valence-corrected chi connectivity index (χ2v) is 9.99. The molecule has 0 radical (unpaired) electrons. The highest BCUT2D eigenvalue weighted by atomic mass is 35.5. The van der Waals surface area contributed by atoms with Gasteiger partial charge >= 0.3 is 0 Å². The van der Waals surface area contributed by atoms with Gasteiger partial charge in [0.1, 0.15) is 0 Å². The molecular weight excluding hydrogens is 467 g/mol. The van der Waals surface area contributed by atoms with Crippen LogP contribution in [0.4, 0.5) is 4.39 Å². The van der Waals surface area contributed by atoms with Crippen molar-refractivity contribution in [3.8, 4) is 28.0 Å². The number of hydrogen-bond acceptors (Lipinski definition) is 1. The van der Waals surface area contributed by atoms with Gasteiger partial charge in [-0.2, -0.15) is 0 Å². The summed E-state index contributed by atoms with van der Waals surface area (Å²) in [6.45, 7) is 4.66. The molecule has 1 atom stereocenters. The summed E-state index contributed by atoms with van der Waals surface area (Å²) < 4.78 is 20.3. The van der Waals surface area contributed by atoms with E-state index in [9.17, 15) is 4.39 Å². The zero-order chi connectivity index (χ0) is 25.3. The monoisotopic (exact) mass is 502 g/mol. The van der Waals surface area contributed by atoms with E-state index < -0.39 is 5.82 Å². The van der Waals surface area contributed by atoms with E-state index in [1.165, 1.54) is 42.4 Å². The molecule has 4 rings (SSSR count). The first kappa shape index (κ1) is 26.2. The quantitative estimate of drug-likeness (QED) is 0.198. The van der Waals surface area contributed by atoms with Crippen molar-refractivity contribution in [1.82, 2.24) is 0 Å². The standard InChI is InChI=1S/C33H36ClFO/c1-3-5-7-8-24-9-11-25(12-10-24)26-13-15-27(16-14-26)28-17-19-29(20-18-28)30-21-22-31(33(35)32(30)34)36-23-6-4-2/h3,5,11,13-22,24H,4,6-10,12,23H2,1-2H3/b5-3+. The van der Waals surface area contributed by atoms with E-state index in [1.54, 1.807) is 6.07 Å². The minimum Gasteiger partial charge on any atom is -0.490 e. The molecule has 1 aliphatic carbocycles. The van der Waals surface area contributed by atoms with Gasteiger partial charge in [0.15, 0.2) is 11.6 Å². The summed E-state index contributed by atoms with van der Waals surface area (Å²) in [6.07, 6.45) is 14.9. The molecule has 0 heterocycles. The lowest BCUT2D eigenvalue weighted by Crippen LogP contribution is -2.05. The smallest absolute Gasteiger partial charge is 0.184 e. The first-order valence-corrected chi connectivity index (χ1v) is 13.6. The molecule has 1 nitrogen and oxygen atoms in total. The zero-order valence-electron chi connectivity index (χ0n) is 21.4. The van der Waals surface area contributed by atoms with E-state index in [0.717, 1.165) is 36.3 Å². The van der Waals surface area contributed by atoms with Crippen LogP contribution in [-0.4, -0.2) is 6.61 Å². The van der Waals surface area contributed by atoms with Crippen molar-refractivity contribution in [2.24, 2.45) is 5.92 Å². The van der Waals surface area contributed by atoms with Gasteiger partial charge in [0.25, 0.3) is 0 Å². The van der Waals surface area contributed by atoms with Crippen LogP contribution in [0, 0.1) is 11.7 Å². The normalized spacial score (nSPS) is 15.8. The fourth-order valence-corrected chi connectivity index (χ4v) is 5.09. The molecule has 188 valence electrons. The SMILES string of the molecule is C/C=C/CCC1CC=C(c2ccc(-c3ccc(-c4ccc(OCCCC)c(F)c4Cl)cc3)cc2)CC1. The van der Waals surface area contributed by atoms with Gasteiger partial charge in [-0.3, -0.25) is 0 Å². The topological polar surface area (TPSA) is 9.23 Å². The molecule has 0 bridgehead atoms. The summed E-state index contributed by atoms with van der Waals surface area (Å²) in [5.74, 6) is 0.534. The average molecular weight is 503 g/mol. The Labute approximate surface area is 220 Å². The Morgan fingerprint density at radius 3 is 2.22 bits per heavy atom. The van der Waals surface area contributed by atoms with Crippen LogP contribution in [0.25, 0.3) is 27.8 Å². The maximum Gasteiger partial charge on any atom is 0.184 e. The fraction of sp³-hybridized carbons (Fsp3) is 0.333. The zero-order valence-corrected chi connectivity index (χ0v) is 22.2. The van der Waals surface area contributed by atoms with Crippen LogP contribution in [-0.2, 0) is 0 Å². The third-order valence-corrected chi connectivity index (χ3v) is 7.45. The second-order valence-electron chi connectivity index (χ2n) is 9.61. The number of halogens is 2. The Bertz CT molecular complexity index is 1190. The van der Waals surface area contributed by atoms with E-state index in [2.05, 4.69) is 68.5 Å². The minimum absolute atomic E-state index is 0.103. The third-order valence-electron chi connectivity index (χ3n) is 7.08. The number of ether oxygens (including phenoxy) is 1. The van der Waals surface area contributed by atoms with Crippen molar-refractivity contribution < 1.29 is 9.13 Å². The summed E-state index contributed by atoms with van der Waals surface area (Å²) >= 11 is 6.37. The van der Waals surface area contributed by atoms with Crippen LogP contribution in [0.2, 0.25) is 5.02 Å². The van der Waals surface area contributed by atoms with Crippen LogP contribution in [0.3, 0.4) is 0 Å². The first-order chi connectivity index (χ1) is 17.6. The van der Waals surface area contributed by atoms with Crippen molar-refractivity contribution in [3.05, 3.63) is 95.3 Å². The summed E-state index contributed by atoms with van der Waals surface area (Å²) in [7, 11) is 0. The van der Waals surface area contributed by atoms with E-state index in [-0.39, 0.29) is 10.8 Å². The third kappa shape index (κ3) is 6.48. The molecule has 0 saturated carbocycles. The molecule has 0 aliphatic heterocycles. The van der Waals surface area contributed by atoms with Gasteiger partial charge in [0.2, 0.25) is 0 Å². The summed E-state index contributed by atoms with van der Waals surface area (Å²) in [5.41, 5.74) is 6.65. The highest BCUT2D eigenvalue weighted by molar-refractivity contribution is 6.33. The van der Waals surface area contributed by atoms with Crippen LogP contribution in [0.1, 0.15) is 64.4 Å². The molecule has 0 saturated heterocycles. The second kappa shape index (κ2) is 12.9.